The number of likely N-dealkylation sites (tertiary alicyclic amines) is 1. The molecule has 0 aliphatic carbocycles. The van der Waals surface area contributed by atoms with E-state index in [2.05, 4.69) is 15.8 Å². The zero-order chi connectivity index (χ0) is 33.2. The second-order valence-electron chi connectivity index (χ2n) is 13.3. The maximum atomic E-state index is 14.2. The average molecular weight is 638 g/mol. The number of alkyl carbamates (subject to hydrolysis) is 1. The van der Waals surface area contributed by atoms with E-state index in [1.165, 1.54) is 23.1 Å². The Hall–Kier alpha value is -3.74. The van der Waals surface area contributed by atoms with Gasteiger partial charge in [-0.25, -0.2) is 9.18 Å². The standard InChI is InChI=1S/C30H41ClFN5O7/c1-8-9-19(22(38)24(33)39)34-25(40)21-14-30(13-20(36-44-30)16-10-11-18(32)17(31)12-16)15-37(21)26(41)23(28(2,3)4)35-27(42)43-29(5,6)7/h10-12,19,21,23H,8-9,13-15H2,1-7H3,(H2,33,39)(H,34,40)(H,35,42)/t19-,21-,23+,30+/m0/s1. The molecule has 4 N–H and O–H groups in total. The molecule has 1 aromatic rings. The predicted octanol–water partition coefficient (Wildman–Crippen LogP) is 3.22. The summed E-state index contributed by atoms with van der Waals surface area (Å²) in [5.74, 6) is -4.03. The Balaban J connectivity index is 1.96. The van der Waals surface area contributed by atoms with Crippen molar-refractivity contribution in [1.29, 1.82) is 0 Å². The molecule has 0 saturated carbocycles. The molecule has 1 fully saturated rings. The van der Waals surface area contributed by atoms with Crippen LogP contribution in [0.1, 0.15) is 79.7 Å². The number of hydrogen-bond donors (Lipinski definition) is 3. The van der Waals surface area contributed by atoms with Crippen LogP contribution >= 0.6 is 11.6 Å². The number of nitrogens with two attached hydrogens (primary N) is 1. The van der Waals surface area contributed by atoms with Gasteiger partial charge in [-0.15, -0.1) is 0 Å². The summed E-state index contributed by atoms with van der Waals surface area (Å²) < 4.78 is 19.2. The van der Waals surface area contributed by atoms with E-state index in [4.69, 9.17) is 26.9 Å². The van der Waals surface area contributed by atoms with Crippen molar-refractivity contribution in [2.24, 2.45) is 16.3 Å². The van der Waals surface area contributed by atoms with Gasteiger partial charge >= 0.3 is 6.09 Å². The summed E-state index contributed by atoms with van der Waals surface area (Å²) in [4.78, 5) is 72.0. The average Bonchev–Trinajstić information content (AvgIpc) is 3.49. The molecule has 2 heterocycles. The van der Waals surface area contributed by atoms with Crippen LogP contribution < -0.4 is 16.4 Å². The van der Waals surface area contributed by atoms with E-state index in [-0.39, 0.29) is 30.8 Å². The molecule has 14 heteroatoms. The quantitative estimate of drug-likeness (QED) is 0.349. The van der Waals surface area contributed by atoms with Crippen molar-refractivity contribution in [2.45, 2.75) is 103 Å². The number of Topliss-reactive ketones (excluding diaryl/α,β-unsaturated/α-hetero) is 1. The number of rotatable bonds is 9. The minimum absolute atomic E-state index is 0.0284. The molecule has 0 radical (unpaired) electrons. The van der Waals surface area contributed by atoms with Crippen LogP contribution in [-0.4, -0.2) is 76.1 Å². The number of hydrogen-bond acceptors (Lipinski definition) is 8. The Morgan fingerprint density at radius 3 is 2.39 bits per heavy atom. The highest BCUT2D eigenvalue weighted by Gasteiger charge is 2.55. The van der Waals surface area contributed by atoms with Crippen LogP contribution in [-0.2, 0) is 28.8 Å². The van der Waals surface area contributed by atoms with Gasteiger partial charge in [0.25, 0.3) is 5.91 Å². The fraction of sp³-hybridized carbons (Fsp3) is 0.600. The molecule has 1 spiro atoms. The smallest absolute Gasteiger partial charge is 0.408 e. The predicted molar refractivity (Wildman–Crippen MR) is 160 cm³/mol. The zero-order valence-electron chi connectivity index (χ0n) is 26.1. The normalized spacial score (nSPS) is 21.2. The summed E-state index contributed by atoms with van der Waals surface area (Å²) in [6.07, 6.45) is -0.0701. The van der Waals surface area contributed by atoms with E-state index in [9.17, 15) is 28.4 Å². The number of primary amides is 1. The third-order valence-electron chi connectivity index (χ3n) is 7.30. The van der Waals surface area contributed by atoms with Gasteiger partial charge in [0.1, 0.15) is 23.5 Å². The largest absolute Gasteiger partial charge is 0.444 e. The van der Waals surface area contributed by atoms with Gasteiger partial charge in [0.15, 0.2) is 5.60 Å². The second-order valence-corrected chi connectivity index (χ2v) is 13.7. The van der Waals surface area contributed by atoms with Gasteiger partial charge in [-0.2, -0.15) is 0 Å². The third-order valence-corrected chi connectivity index (χ3v) is 7.59. The zero-order valence-corrected chi connectivity index (χ0v) is 26.8. The molecule has 12 nitrogen and oxygen atoms in total. The number of benzene rings is 1. The summed E-state index contributed by atoms with van der Waals surface area (Å²) in [7, 11) is 0. The number of nitrogens with zero attached hydrogens (tertiary/aromatic N) is 2. The minimum atomic E-state index is -1.19. The maximum absolute atomic E-state index is 14.2. The third kappa shape index (κ3) is 8.25. The first-order valence-corrected chi connectivity index (χ1v) is 14.8. The SMILES string of the molecule is CCC[C@H](NC(=O)[C@@H]1C[C@]2(CC(c3ccc(F)c(Cl)c3)=NO2)CN1C(=O)[C@@H](NC(=O)OC(C)(C)C)C(C)(C)C)C(=O)C(N)=O. The van der Waals surface area contributed by atoms with Crippen LogP contribution in [0, 0.1) is 11.2 Å². The molecule has 1 aromatic carbocycles. The van der Waals surface area contributed by atoms with Gasteiger partial charge in [-0.3, -0.25) is 19.2 Å². The summed E-state index contributed by atoms with van der Waals surface area (Å²) in [6, 6.07) is 0.625. The molecule has 0 unspecified atom stereocenters. The van der Waals surface area contributed by atoms with E-state index >= 15 is 0 Å². The first kappa shape index (κ1) is 34.7. The van der Waals surface area contributed by atoms with Crippen molar-refractivity contribution >= 4 is 46.9 Å². The number of halogens is 2. The number of carbonyl (C=O) groups excluding carboxylic acids is 5. The van der Waals surface area contributed by atoms with Crippen LogP contribution in [0.2, 0.25) is 5.02 Å². The van der Waals surface area contributed by atoms with Crippen molar-refractivity contribution < 1.29 is 37.9 Å². The summed E-state index contributed by atoms with van der Waals surface area (Å²) in [6.45, 7) is 12.0. The Labute approximate surface area is 261 Å². The van der Waals surface area contributed by atoms with Crippen LogP contribution in [0.5, 0.6) is 0 Å². The van der Waals surface area contributed by atoms with Crippen LogP contribution in [0.4, 0.5) is 9.18 Å². The number of nitrogens with one attached hydrogen (secondary N) is 2. The number of ketones is 1. The summed E-state index contributed by atoms with van der Waals surface area (Å²) in [5, 5.41) is 9.32. The highest BCUT2D eigenvalue weighted by molar-refractivity contribution is 6.37. The summed E-state index contributed by atoms with van der Waals surface area (Å²) >= 11 is 5.97. The van der Waals surface area contributed by atoms with Crippen molar-refractivity contribution in [1.82, 2.24) is 15.5 Å². The minimum Gasteiger partial charge on any atom is -0.444 e. The lowest BCUT2D eigenvalue weighted by molar-refractivity contribution is -0.143. The van der Waals surface area contributed by atoms with Crippen LogP contribution in [0.3, 0.4) is 0 Å². The molecule has 242 valence electrons. The number of amides is 4. The second kappa shape index (κ2) is 13.1. The topological polar surface area (TPSA) is 169 Å². The van der Waals surface area contributed by atoms with Gasteiger partial charge in [0.05, 0.1) is 23.3 Å². The molecule has 44 heavy (non-hydrogen) atoms. The van der Waals surface area contributed by atoms with Crippen molar-refractivity contribution in [3.05, 3.63) is 34.6 Å². The molecule has 3 rings (SSSR count). The Morgan fingerprint density at radius 1 is 1.18 bits per heavy atom. The fourth-order valence-electron chi connectivity index (χ4n) is 5.20. The molecule has 1 saturated heterocycles. The lowest BCUT2D eigenvalue weighted by Crippen LogP contribution is -2.59. The molecule has 0 aromatic heterocycles. The van der Waals surface area contributed by atoms with Crippen molar-refractivity contribution in [2.75, 3.05) is 6.54 Å². The van der Waals surface area contributed by atoms with Crippen LogP contribution in [0.25, 0.3) is 0 Å². The lowest BCUT2D eigenvalue weighted by Gasteiger charge is -2.36. The van der Waals surface area contributed by atoms with Crippen LogP contribution in [0.15, 0.2) is 23.4 Å². The first-order valence-electron chi connectivity index (χ1n) is 14.4. The van der Waals surface area contributed by atoms with E-state index in [0.29, 0.717) is 17.7 Å². The number of ether oxygens (including phenoxy) is 1. The Morgan fingerprint density at radius 2 is 1.84 bits per heavy atom. The lowest BCUT2D eigenvalue weighted by atomic mass is 9.85. The fourth-order valence-corrected chi connectivity index (χ4v) is 5.38. The van der Waals surface area contributed by atoms with Gasteiger partial charge in [-0.05, 0) is 44.7 Å². The first-order chi connectivity index (χ1) is 20.3. The van der Waals surface area contributed by atoms with Gasteiger partial charge in [-0.1, -0.05) is 56.9 Å². The monoisotopic (exact) mass is 637 g/mol. The van der Waals surface area contributed by atoms with E-state index in [1.54, 1.807) is 48.5 Å². The Bertz CT molecular complexity index is 1360. The van der Waals surface area contributed by atoms with E-state index in [0.717, 1.165) is 0 Å². The maximum Gasteiger partial charge on any atom is 0.408 e. The highest BCUT2D eigenvalue weighted by atomic mass is 35.5. The number of carbonyl (C=O) groups is 5. The van der Waals surface area contributed by atoms with Crippen molar-refractivity contribution in [3.8, 4) is 0 Å². The molecular weight excluding hydrogens is 597 g/mol. The van der Waals surface area contributed by atoms with E-state index < -0.39 is 70.2 Å². The van der Waals surface area contributed by atoms with Gasteiger partial charge in [0, 0.05) is 18.4 Å². The van der Waals surface area contributed by atoms with Crippen molar-refractivity contribution in [3.63, 3.8) is 0 Å². The molecule has 4 amide bonds. The molecule has 2 aliphatic rings. The molecule has 2 aliphatic heterocycles. The summed E-state index contributed by atoms with van der Waals surface area (Å²) in [5.41, 5.74) is 3.35. The van der Waals surface area contributed by atoms with Gasteiger partial charge in [0.2, 0.25) is 17.6 Å². The van der Waals surface area contributed by atoms with Gasteiger partial charge < -0.3 is 30.8 Å². The van der Waals surface area contributed by atoms with E-state index in [1.807, 2.05) is 0 Å². The number of oxime groups is 1. The highest BCUT2D eigenvalue weighted by Crippen LogP contribution is 2.40. The molecular formula is C30H41ClFN5O7. The molecule has 0 bridgehead atoms. The molecule has 4 atom stereocenters. The Kier molecular flexibility index (Phi) is 10.3.